The lowest BCUT2D eigenvalue weighted by Gasteiger charge is -2.25. The number of carboxylic acid groups (broad SMARTS) is 1. The monoisotopic (exact) mass is 600 g/mol. The molecule has 14 nitrogen and oxygen atoms in total. The molecule has 15 heteroatoms. The normalized spacial score (nSPS) is 14.0. The predicted molar refractivity (Wildman–Crippen MR) is 157 cm³/mol. The summed E-state index contributed by atoms with van der Waals surface area (Å²) in [4.78, 5) is 72.9. The van der Waals surface area contributed by atoms with E-state index in [1.54, 1.807) is 6.20 Å². The van der Waals surface area contributed by atoms with Crippen LogP contribution in [-0.2, 0) is 36.8 Å². The minimum Gasteiger partial charge on any atom is -0.480 e. The van der Waals surface area contributed by atoms with E-state index in [4.69, 9.17) is 11.5 Å². The first-order chi connectivity index (χ1) is 20.1. The molecule has 0 fully saturated rings. The Morgan fingerprint density at radius 2 is 1.64 bits per heavy atom. The van der Waals surface area contributed by atoms with E-state index in [0.29, 0.717) is 23.4 Å². The number of thioether (sulfide) groups is 1. The van der Waals surface area contributed by atoms with Gasteiger partial charge in [0, 0.05) is 48.3 Å². The van der Waals surface area contributed by atoms with Crippen LogP contribution in [0.4, 0.5) is 0 Å². The highest BCUT2D eigenvalue weighted by molar-refractivity contribution is 7.98. The zero-order valence-electron chi connectivity index (χ0n) is 23.1. The van der Waals surface area contributed by atoms with Crippen molar-refractivity contribution < 1.29 is 29.1 Å². The number of benzene rings is 1. The standard InChI is InChI=1S/C27H36N8O6S/c1-42-9-8-18(28)24(37)34-21(11-16-13-30-14-32-16)26(39)33-20(6-7-23(29)36)25(38)35-22(27(40)41)10-15-12-31-19-5-3-2-4-17(15)19/h2-5,12-14,18,20-22,31H,6-11,28H2,1H3,(H2,29,36)(H,30,32)(H,33,39)(H,34,37)(H,35,38)(H,40,41). The molecule has 0 aliphatic heterocycles. The molecule has 4 unspecified atom stereocenters. The summed E-state index contributed by atoms with van der Waals surface area (Å²) in [5.41, 5.74) is 13.3. The lowest BCUT2D eigenvalue weighted by molar-refractivity contribution is -0.142. The fourth-order valence-corrected chi connectivity index (χ4v) is 4.79. The van der Waals surface area contributed by atoms with Crippen molar-refractivity contribution in [3.63, 3.8) is 0 Å². The number of H-pyrrole nitrogens is 2. The van der Waals surface area contributed by atoms with Gasteiger partial charge in [-0.1, -0.05) is 18.2 Å². The molecule has 0 radical (unpaired) electrons. The predicted octanol–water partition coefficient (Wildman–Crippen LogP) is -0.439. The number of imidazole rings is 1. The van der Waals surface area contributed by atoms with Crippen LogP contribution < -0.4 is 27.4 Å². The Morgan fingerprint density at radius 1 is 0.952 bits per heavy atom. The highest BCUT2D eigenvalue weighted by Gasteiger charge is 2.31. The molecule has 0 spiro atoms. The number of hydrogen-bond donors (Lipinski definition) is 8. The Balaban J connectivity index is 1.77. The first-order valence-electron chi connectivity index (χ1n) is 13.3. The van der Waals surface area contributed by atoms with Crippen LogP contribution in [-0.4, -0.2) is 85.8 Å². The van der Waals surface area contributed by atoms with Crippen molar-refractivity contribution in [2.45, 2.75) is 56.3 Å². The fraction of sp³-hybridized carbons (Fsp3) is 0.407. The Labute approximate surface area is 246 Å². The summed E-state index contributed by atoms with van der Waals surface area (Å²) in [6, 6.07) is 2.67. The van der Waals surface area contributed by atoms with E-state index < -0.39 is 53.8 Å². The highest BCUT2D eigenvalue weighted by Crippen LogP contribution is 2.19. The zero-order chi connectivity index (χ0) is 30.6. The molecule has 2 aromatic heterocycles. The van der Waals surface area contributed by atoms with Crippen molar-refractivity contribution in [3.8, 4) is 0 Å². The first-order valence-corrected chi connectivity index (χ1v) is 14.7. The molecule has 4 atom stereocenters. The van der Waals surface area contributed by atoms with Gasteiger partial charge in [-0.05, 0) is 36.5 Å². The number of nitrogens with two attached hydrogens (primary N) is 2. The third-order valence-electron chi connectivity index (χ3n) is 6.61. The Hall–Kier alpha value is -4.37. The average molecular weight is 601 g/mol. The summed E-state index contributed by atoms with van der Waals surface area (Å²) < 4.78 is 0. The van der Waals surface area contributed by atoms with Crippen LogP contribution in [0.1, 0.15) is 30.5 Å². The number of nitrogens with zero attached hydrogens (tertiary/aromatic N) is 1. The molecule has 0 saturated heterocycles. The number of aromatic amines is 2. The van der Waals surface area contributed by atoms with Crippen LogP contribution >= 0.6 is 11.8 Å². The summed E-state index contributed by atoms with van der Waals surface area (Å²) in [6.07, 6.45) is 6.38. The number of carbonyl (C=O) groups is 5. The zero-order valence-corrected chi connectivity index (χ0v) is 23.9. The third kappa shape index (κ3) is 9.34. The minimum atomic E-state index is -1.33. The molecular formula is C27H36N8O6S. The van der Waals surface area contributed by atoms with Gasteiger partial charge in [-0.25, -0.2) is 9.78 Å². The van der Waals surface area contributed by atoms with Gasteiger partial charge < -0.3 is 42.5 Å². The molecule has 1 aromatic carbocycles. The number of para-hydroxylation sites is 1. The molecular weight excluding hydrogens is 564 g/mol. The highest BCUT2D eigenvalue weighted by atomic mass is 32.2. The summed E-state index contributed by atoms with van der Waals surface area (Å²) in [5.74, 6) is -3.45. The number of carboxylic acids is 1. The van der Waals surface area contributed by atoms with Gasteiger partial charge in [0.2, 0.25) is 23.6 Å². The lowest BCUT2D eigenvalue weighted by Crippen LogP contribution is -2.58. The molecule has 226 valence electrons. The number of carbonyl (C=O) groups excluding carboxylic acids is 4. The molecule has 42 heavy (non-hydrogen) atoms. The second-order valence-corrected chi connectivity index (χ2v) is 10.7. The van der Waals surface area contributed by atoms with Gasteiger partial charge in [-0.3, -0.25) is 19.2 Å². The van der Waals surface area contributed by atoms with E-state index in [1.807, 2.05) is 30.5 Å². The number of aliphatic carboxylic acids is 1. The Kier molecular flexibility index (Phi) is 11.9. The van der Waals surface area contributed by atoms with E-state index >= 15 is 0 Å². The topological polar surface area (TPSA) is 238 Å². The number of rotatable bonds is 17. The maximum absolute atomic E-state index is 13.4. The first kappa shape index (κ1) is 32.1. The van der Waals surface area contributed by atoms with Crippen LogP contribution in [0.3, 0.4) is 0 Å². The van der Waals surface area contributed by atoms with Crippen molar-refractivity contribution in [1.29, 1.82) is 0 Å². The molecule has 2 heterocycles. The van der Waals surface area contributed by atoms with Gasteiger partial charge >= 0.3 is 5.97 Å². The van der Waals surface area contributed by atoms with Crippen molar-refractivity contribution in [1.82, 2.24) is 30.9 Å². The average Bonchev–Trinajstić information content (AvgIpc) is 3.62. The SMILES string of the molecule is CSCCC(N)C(=O)NC(Cc1cnc[nH]1)C(=O)NC(CCC(N)=O)C(=O)NC(Cc1c[nH]c2ccccc12)C(=O)O. The summed E-state index contributed by atoms with van der Waals surface area (Å²) in [5, 5.41) is 18.3. The largest absolute Gasteiger partial charge is 0.480 e. The third-order valence-corrected chi connectivity index (χ3v) is 7.25. The second kappa shape index (κ2) is 15.6. The molecule has 0 aliphatic rings. The van der Waals surface area contributed by atoms with Crippen LogP contribution in [0.2, 0.25) is 0 Å². The van der Waals surface area contributed by atoms with Gasteiger partial charge in [0.1, 0.15) is 18.1 Å². The molecule has 0 aliphatic carbocycles. The maximum Gasteiger partial charge on any atom is 0.326 e. The molecule has 4 amide bonds. The maximum atomic E-state index is 13.4. The van der Waals surface area contributed by atoms with E-state index in [9.17, 15) is 29.1 Å². The van der Waals surface area contributed by atoms with Crippen molar-refractivity contribution in [2.24, 2.45) is 11.5 Å². The molecule has 3 aromatic rings. The molecule has 3 rings (SSSR count). The summed E-state index contributed by atoms with van der Waals surface area (Å²) >= 11 is 1.53. The number of hydrogen-bond acceptors (Lipinski definition) is 8. The van der Waals surface area contributed by atoms with Gasteiger partial charge in [-0.15, -0.1) is 0 Å². The van der Waals surface area contributed by atoms with Crippen LogP contribution in [0.25, 0.3) is 10.9 Å². The summed E-state index contributed by atoms with van der Waals surface area (Å²) in [7, 11) is 0. The van der Waals surface area contributed by atoms with E-state index in [2.05, 4.69) is 30.9 Å². The number of aromatic nitrogens is 3. The Bertz CT molecular complexity index is 1380. The molecule has 0 saturated carbocycles. The quantitative estimate of drug-likeness (QED) is 0.100. The van der Waals surface area contributed by atoms with E-state index in [1.165, 1.54) is 24.3 Å². The second-order valence-electron chi connectivity index (χ2n) is 9.76. The number of primary amides is 1. The van der Waals surface area contributed by atoms with Gasteiger partial charge in [0.25, 0.3) is 0 Å². The van der Waals surface area contributed by atoms with Crippen molar-refractivity contribution in [2.75, 3.05) is 12.0 Å². The van der Waals surface area contributed by atoms with Crippen LogP contribution in [0, 0.1) is 0 Å². The van der Waals surface area contributed by atoms with Crippen molar-refractivity contribution in [3.05, 3.63) is 54.2 Å². The summed E-state index contributed by atoms with van der Waals surface area (Å²) in [6.45, 7) is 0. The fourth-order valence-electron chi connectivity index (χ4n) is 4.30. The number of amides is 4. The van der Waals surface area contributed by atoms with Gasteiger partial charge in [0.15, 0.2) is 0 Å². The van der Waals surface area contributed by atoms with E-state index in [-0.39, 0.29) is 25.7 Å². The number of nitrogens with one attached hydrogen (secondary N) is 5. The van der Waals surface area contributed by atoms with E-state index in [0.717, 1.165) is 10.9 Å². The Morgan fingerprint density at radius 3 is 2.31 bits per heavy atom. The number of fused-ring (bicyclic) bond motifs is 1. The minimum absolute atomic E-state index is 0.00922. The smallest absolute Gasteiger partial charge is 0.326 e. The van der Waals surface area contributed by atoms with Gasteiger partial charge in [-0.2, -0.15) is 11.8 Å². The molecule has 10 N–H and O–H groups in total. The molecule has 0 bridgehead atoms. The van der Waals surface area contributed by atoms with Crippen molar-refractivity contribution >= 4 is 52.3 Å². The lowest BCUT2D eigenvalue weighted by atomic mass is 10.0. The van der Waals surface area contributed by atoms with Crippen LogP contribution in [0.15, 0.2) is 43.0 Å². The van der Waals surface area contributed by atoms with Gasteiger partial charge in [0.05, 0.1) is 12.4 Å². The van der Waals surface area contributed by atoms with Crippen LogP contribution in [0.5, 0.6) is 0 Å².